The summed E-state index contributed by atoms with van der Waals surface area (Å²) in [7, 11) is -3.32. The lowest BCUT2D eigenvalue weighted by atomic mass is 9.83. The lowest BCUT2D eigenvalue weighted by Gasteiger charge is -2.38. The van der Waals surface area contributed by atoms with Crippen molar-refractivity contribution >= 4 is 39.2 Å². The molecule has 1 aromatic rings. The van der Waals surface area contributed by atoms with Gasteiger partial charge in [0, 0.05) is 42.2 Å². The summed E-state index contributed by atoms with van der Waals surface area (Å²) in [6.07, 6.45) is 0.487. The highest BCUT2D eigenvalue weighted by molar-refractivity contribution is 7.89. The van der Waals surface area contributed by atoms with Crippen molar-refractivity contribution < 1.29 is 22.7 Å². The van der Waals surface area contributed by atoms with Gasteiger partial charge in [0.2, 0.25) is 10.0 Å². The van der Waals surface area contributed by atoms with Crippen LogP contribution in [0.5, 0.6) is 0 Å². The Hall–Kier alpha value is -1.90. The summed E-state index contributed by atoms with van der Waals surface area (Å²) in [6.45, 7) is 3.54. The van der Waals surface area contributed by atoms with Gasteiger partial charge in [-0.15, -0.1) is 0 Å². The van der Waals surface area contributed by atoms with E-state index in [9.17, 15) is 18.0 Å². The topological polar surface area (TPSA) is 92.8 Å². The number of esters is 1. The third-order valence-corrected chi connectivity index (χ3v) is 7.14. The fourth-order valence-corrected chi connectivity index (χ4v) is 4.84. The van der Waals surface area contributed by atoms with Gasteiger partial charge in [0.25, 0.3) is 5.91 Å². The predicted octanol–water partition coefficient (Wildman–Crippen LogP) is 2.34. The predicted molar refractivity (Wildman–Crippen MR) is 102 cm³/mol. The number of nitrogens with one attached hydrogen (secondary N) is 1. The van der Waals surface area contributed by atoms with Gasteiger partial charge in [-0.2, -0.15) is 0 Å². The maximum Gasteiger partial charge on any atom is 0.335 e. The van der Waals surface area contributed by atoms with Crippen molar-refractivity contribution in [2.75, 3.05) is 24.2 Å². The van der Waals surface area contributed by atoms with E-state index in [1.54, 1.807) is 38.1 Å². The number of sulfonamides is 1. The molecule has 146 valence electrons. The molecule has 9 heteroatoms. The molecule has 1 aromatic carbocycles. The second-order valence-corrected chi connectivity index (χ2v) is 9.34. The van der Waals surface area contributed by atoms with Gasteiger partial charge in [-0.1, -0.05) is 17.7 Å². The first kappa shape index (κ1) is 19.9. The zero-order valence-corrected chi connectivity index (χ0v) is 16.7. The molecule has 2 aliphatic heterocycles. The van der Waals surface area contributed by atoms with Gasteiger partial charge >= 0.3 is 5.97 Å². The number of hydrogen-bond donors (Lipinski definition) is 1. The molecule has 27 heavy (non-hydrogen) atoms. The van der Waals surface area contributed by atoms with Crippen LogP contribution >= 0.6 is 11.6 Å². The number of halogens is 1. The summed E-state index contributed by atoms with van der Waals surface area (Å²) in [6, 6.07) is 6.70. The Bertz CT molecular complexity index is 917. The van der Waals surface area contributed by atoms with Gasteiger partial charge in [-0.3, -0.25) is 4.79 Å². The summed E-state index contributed by atoms with van der Waals surface area (Å²) < 4.78 is 31.1. The third-order valence-electron chi connectivity index (χ3n) is 5.02. The fourth-order valence-electron chi connectivity index (χ4n) is 3.55. The van der Waals surface area contributed by atoms with E-state index < -0.39 is 27.5 Å². The Morgan fingerprint density at radius 1 is 1.33 bits per heavy atom. The number of nitrogens with zero attached hydrogens (tertiary/aromatic N) is 1. The summed E-state index contributed by atoms with van der Waals surface area (Å²) in [5, 5.41) is 3.23. The van der Waals surface area contributed by atoms with Crippen LogP contribution in [0.25, 0.3) is 0 Å². The molecule has 7 nitrogen and oxygen atoms in total. The Kier molecular flexibility index (Phi) is 5.33. The van der Waals surface area contributed by atoms with E-state index in [4.69, 9.17) is 16.3 Å². The number of piperidine rings is 1. The van der Waals surface area contributed by atoms with Crippen LogP contribution < -0.4 is 5.32 Å². The average Bonchev–Trinajstić information content (AvgIpc) is 2.85. The second-order valence-electron chi connectivity index (χ2n) is 6.65. The Labute approximate surface area is 163 Å². The number of hydrogen-bond acceptors (Lipinski definition) is 5. The average molecular weight is 413 g/mol. The number of ether oxygens (including phenoxy) is 1. The first-order valence-electron chi connectivity index (χ1n) is 8.68. The highest BCUT2D eigenvalue weighted by atomic mass is 35.5. The van der Waals surface area contributed by atoms with Gasteiger partial charge in [-0.25, -0.2) is 17.5 Å². The molecule has 3 rings (SSSR count). The van der Waals surface area contributed by atoms with Crippen LogP contribution in [0.3, 0.4) is 0 Å². The summed E-state index contributed by atoms with van der Waals surface area (Å²) in [4.78, 5) is 25.1. The van der Waals surface area contributed by atoms with E-state index in [1.807, 2.05) is 0 Å². The number of carbonyl (C=O) groups is 2. The molecule has 1 N–H and O–H groups in total. The van der Waals surface area contributed by atoms with Crippen LogP contribution in [0.2, 0.25) is 5.02 Å². The van der Waals surface area contributed by atoms with E-state index >= 15 is 0 Å². The molecule has 1 fully saturated rings. The first-order chi connectivity index (χ1) is 12.7. The maximum absolute atomic E-state index is 12.9. The fraction of sp³-hybridized carbons (Fsp3) is 0.444. The molecule has 0 aliphatic carbocycles. The van der Waals surface area contributed by atoms with E-state index in [0.29, 0.717) is 10.7 Å². The van der Waals surface area contributed by atoms with Gasteiger partial charge in [0.1, 0.15) is 5.60 Å². The van der Waals surface area contributed by atoms with Crippen molar-refractivity contribution in [2.24, 2.45) is 0 Å². The molecule has 1 amide bonds. The maximum atomic E-state index is 12.9. The Morgan fingerprint density at radius 3 is 2.59 bits per heavy atom. The molecule has 0 atom stereocenters. The standard InChI is InChI=1S/C18H21ClN2O5S/c1-3-27(24,25)21-9-7-18(8-10-21)15(12(2)17(23)26-18)16(22)20-14-6-4-5-13(19)11-14/h4-6,11H,3,7-10H2,1-2H3,(H,20,22). The van der Waals surface area contributed by atoms with Crippen molar-refractivity contribution in [3.63, 3.8) is 0 Å². The molecule has 1 spiro atoms. The molecule has 0 bridgehead atoms. The molecular weight excluding hydrogens is 392 g/mol. The molecule has 0 unspecified atom stereocenters. The number of benzene rings is 1. The molecule has 2 aliphatic rings. The first-order valence-corrected chi connectivity index (χ1v) is 10.7. The lowest BCUT2D eigenvalue weighted by Crippen LogP contribution is -2.49. The quantitative estimate of drug-likeness (QED) is 0.766. The van der Waals surface area contributed by atoms with Crippen LogP contribution in [0.4, 0.5) is 5.69 Å². The lowest BCUT2D eigenvalue weighted by molar-refractivity contribution is -0.149. The molecule has 1 saturated heterocycles. The number of carbonyl (C=O) groups excluding carboxylic acids is 2. The molecular formula is C18H21ClN2O5S. The van der Waals surface area contributed by atoms with Crippen LogP contribution in [0.1, 0.15) is 26.7 Å². The van der Waals surface area contributed by atoms with Crippen molar-refractivity contribution in [2.45, 2.75) is 32.3 Å². The van der Waals surface area contributed by atoms with E-state index in [0.717, 1.165) is 0 Å². The minimum atomic E-state index is -3.32. The SMILES string of the molecule is CCS(=O)(=O)N1CCC2(CC1)OC(=O)C(C)=C2C(=O)Nc1cccc(Cl)c1. The van der Waals surface area contributed by atoms with Crippen molar-refractivity contribution in [3.8, 4) is 0 Å². The highest BCUT2D eigenvalue weighted by Crippen LogP contribution is 2.42. The second kappa shape index (κ2) is 7.26. The third kappa shape index (κ3) is 3.74. The number of anilines is 1. The Morgan fingerprint density at radius 2 is 2.00 bits per heavy atom. The van der Waals surface area contributed by atoms with E-state index in [2.05, 4.69) is 5.32 Å². The van der Waals surface area contributed by atoms with Crippen molar-refractivity contribution in [1.29, 1.82) is 0 Å². The molecule has 0 saturated carbocycles. The summed E-state index contributed by atoms with van der Waals surface area (Å²) in [5.41, 5.74) is -0.0699. The normalized spacial score (nSPS) is 20.0. The number of amides is 1. The minimum absolute atomic E-state index is 0.0107. The van der Waals surface area contributed by atoms with E-state index in [1.165, 1.54) is 4.31 Å². The van der Waals surface area contributed by atoms with Crippen molar-refractivity contribution in [1.82, 2.24) is 4.31 Å². The number of rotatable bonds is 4. The van der Waals surface area contributed by atoms with E-state index in [-0.39, 0.29) is 42.8 Å². The van der Waals surface area contributed by atoms with Crippen LogP contribution in [-0.2, 0) is 24.3 Å². The Balaban J connectivity index is 1.84. The van der Waals surface area contributed by atoms with Gasteiger partial charge in [0.15, 0.2) is 0 Å². The van der Waals surface area contributed by atoms with Crippen LogP contribution in [0.15, 0.2) is 35.4 Å². The van der Waals surface area contributed by atoms with Crippen LogP contribution in [-0.4, -0.2) is 49.0 Å². The zero-order valence-electron chi connectivity index (χ0n) is 15.1. The van der Waals surface area contributed by atoms with Crippen LogP contribution in [0, 0.1) is 0 Å². The largest absolute Gasteiger partial charge is 0.450 e. The van der Waals surface area contributed by atoms with Gasteiger partial charge < -0.3 is 10.1 Å². The van der Waals surface area contributed by atoms with Gasteiger partial charge in [0.05, 0.1) is 11.3 Å². The minimum Gasteiger partial charge on any atom is -0.450 e. The van der Waals surface area contributed by atoms with Crippen molar-refractivity contribution in [3.05, 3.63) is 40.4 Å². The molecule has 0 aromatic heterocycles. The smallest absolute Gasteiger partial charge is 0.335 e. The molecule has 0 radical (unpaired) electrons. The highest BCUT2D eigenvalue weighted by Gasteiger charge is 2.51. The van der Waals surface area contributed by atoms with Gasteiger partial charge in [-0.05, 0) is 32.0 Å². The summed E-state index contributed by atoms with van der Waals surface area (Å²) >= 11 is 5.95. The summed E-state index contributed by atoms with van der Waals surface area (Å²) in [5.74, 6) is -0.970. The molecule has 2 heterocycles. The zero-order chi connectivity index (χ0) is 19.8. The monoisotopic (exact) mass is 412 g/mol.